The van der Waals surface area contributed by atoms with Gasteiger partial charge in [-0.3, -0.25) is 0 Å². The molecule has 4 aromatic rings. The average Bonchev–Trinajstić information content (AvgIpc) is 2.95. The number of hydrogen-bond donors (Lipinski definition) is 1. The fourth-order valence-electron chi connectivity index (χ4n) is 3.88. The van der Waals surface area contributed by atoms with Gasteiger partial charge in [-0.15, -0.1) is 0 Å². The van der Waals surface area contributed by atoms with E-state index in [9.17, 15) is 5.11 Å². The van der Waals surface area contributed by atoms with Crippen LogP contribution in [0.5, 0.6) is 5.75 Å². The fraction of sp³-hybridized carbons (Fsp3) is 0.308. The summed E-state index contributed by atoms with van der Waals surface area (Å²) < 4.78 is 2.29. The van der Waals surface area contributed by atoms with E-state index in [1.54, 1.807) is 6.07 Å². The van der Waals surface area contributed by atoms with Crippen LogP contribution in [0, 0.1) is 0 Å². The summed E-state index contributed by atoms with van der Waals surface area (Å²) >= 11 is 0. The summed E-state index contributed by atoms with van der Waals surface area (Å²) in [5, 5.41) is 12.6. The van der Waals surface area contributed by atoms with Crippen molar-refractivity contribution in [3.8, 4) is 11.4 Å². The van der Waals surface area contributed by atoms with E-state index in [2.05, 4.69) is 88.6 Å². The number of para-hydroxylation sites is 1. The quantitative estimate of drug-likeness (QED) is 0.380. The predicted octanol–water partition coefficient (Wildman–Crippen LogP) is 7.08. The topological polar surface area (TPSA) is 25.2 Å². The molecule has 0 atom stereocenters. The van der Waals surface area contributed by atoms with Crippen LogP contribution in [0.1, 0.15) is 52.7 Å². The molecule has 28 heavy (non-hydrogen) atoms. The molecule has 0 unspecified atom stereocenters. The summed E-state index contributed by atoms with van der Waals surface area (Å²) in [5.74, 6) is 0.329. The Morgan fingerprint density at radius 1 is 0.679 bits per heavy atom. The Kier molecular flexibility index (Phi) is 4.08. The number of hydrogen-bond acceptors (Lipinski definition) is 1. The van der Waals surface area contributed by atoms with Crippen LogP contribution >= 0.6 is 0 Å². The molecule has 1 heterocycles. The molecule has 0 aliphatic heterocycles. The van der Waals surface area contributed by atoms with E-state index >= 15 is 0 Å². The minimum absolute atomic E-state index is 0.0525. The molecule has 0 radical (unpaired) electrons. The van der Waals surface area contributed by atoms with Crippen molar-refractivity contribution in [2.45, 2.75) is 52.4 Å². The van der Waals surface area contributed by atoms with E-state index in [-0.39, 0.29) is 10.8 Å². The first-order chi connectivity index (χ1) is 13.1. The van der Waals surface area contributed by atoms with Crippen molar-refractivity contribution >= 4 is 21.8 Å². The zero-order valence-electron chi connectivity index (χ0n) is 17.7. The van der Waals surface area contributed by atoms with Crippen molar-refractivity contribution in [1.29, 1.82) is 0 Å². The Morgan fingerprint density at radius 2 is 1.25 bits per heavy atom. The number of phenolic OH excluding ortho intramolecular Hbond substituents is 1. The van der Waals surface area contributed by atoms with Crippen LogP contribution in [-0.2, 0) is 10.8 Å². The smallest absolute Gasteiger partial charge is 0.125 e. The van der Waals surface area contributed by atoms with Crippen molar-refractivity contribution in [3.05, 3.63) is 71.8 Å². The summed E-state index contributed by atoms with van der Waals surface area (Å²) in [7, 11) is 0. The van der Waals surface area contributed by atoms with Gasteiger partial charge >= 0.3 is 0 Å². The Balaban J connectivity index is 2.15. The molecule has 0 amide bonds. The standard InChI is InChI=1S/C26H29NO/c1-25(2,3)17-14-18(26(4,5)6)16-19(15-17)27-21-11-8-7-10-20(21)24-22(27)12-9-13-23(24)28/h7-16,28H,1-6H3. The Labute approximate surface area is 167 Å². The van der Waals surface area contributed by atoms with Gasteiger partial charge in [-0.05, 0) is 52.3 Å². The summed E-state index contributed by atoms with van der Waals surface area (Å²) in [6.45, 7) is 13.6. The van der Waals surface area contributed by atoms with E-state index in [0.717, 1.165) is 27.5 Å². The van der Waals surface area contributed by atoms with Crippen molar-refractivity contribution < 1.29 is 5.11 Å². The molecule has 0 aliphatic rings. The Hall–Kier alpha value is -2.74. The summed E-state index contributed by atoms with van der Waals surface area (Å²) in [5.41, 5.74) is 6.04. The van der Waals surface area contributed by atoms with Gasteiger partial charge in [0, 0.05) is 16.5 Å². The van der Waals surface area contributed by atoms with Gasteiger partial charge in [-0.1, -0.05) is 71.9 Å². The third-order valence-corrected chi connectivity index (χ3v) is 5.58. The molecule has 144 valence electrons. The molecule has 2 heteroatoms. The van der Waals surface area contributed by atoms with E-state index in [1.165, 1.54) is 11.1 Å². The van der Waals surface area contributed by atoms with Crippen molar-refractivity contribution in [3.63, 3.8) is 0 Å². The molecule has 4 rings (SSSR count). The maximum atomic E-state index is 10.6. The molecular weight excluding hydrogens is 342 g/mol. The number of aromatic hydroxyl groups is 1. The van der Waals surface area contributed by atoms with Gasteiger partial charge in [-0.2, -0.15) is 0 Å². The Bertz CT molecular complexity index is 1150. The second kappa shape index (κ2) is 6.13. The molecular formula is C26H29NO. The molecule has 3 aromatic carbocycles. The second-order valence-corrected chi connectivity index (χ2v) is 9.79. The van der Waals surface area contributed by atoms with Gasteiger partial charge in [0.15, 0.2) is 0 Å². The van der Waals surface area contributed by atoms with Crippen LogP contribution in [0.15, 0.2) is 60.7 Å². The van der Waals surface area contributed by atoms with Gasteiger partial charge in [0.05, 0.1) is 11.0 Å². The molecule has 0 aliphatic carbocycles. The predicted molar refractivity (Wildman–Crippen MR) is 120 cm³/mol. The first-order valence-corrected chi connectivity index (χ1v) is 9.95. The molecule has 0 saturated carbocycles. The fourth-order valence-corrected chi connectivity index (χ4v) is 3.88. The molecule has 0 bridgehead atoms. The van der Waals surface area contributed by atoms with Crippen molar-refractivity contribution in [2.24, 2.45) is 0 Å². The SMILES string of the molecule is CC(C)(C)c1cc(-n2c3ccccc3c3c(O)cccc32)cc(C(C)(C)C)c1. The maximum absolute atomic E-state index is 10.6. The third-order valence-electron chi connectivity index (χ3n) is 5.58. The highest BCUT2D eigenvalue weighted by atomic mass is 16.3. The lowest BCUT2D eigenvalue weighted by atomic mass is 9.80. The first-order valence-electron chi connectivity index (χ1n) is 9.95. The minimum atomic E-state index is 0.0525. The largest absolute Gasteiger partial charge is 0.507 e. The van der Waals surface area contributed by atoms with Crippen LogP contribution in [0.4, 0.5) is 0 Å². The van der Waals surface area contributed by atoms with Gasteiger partial charge in [0.25, 0.3) is 0 Å². The lowest BCUT2D eigenvalue weighted by Crippen LogP contribution is -2.17. The lowest BCUT2D eigenvalue weighted by Gasteiger charge is -2.26. The summed E-state index contributed by atoms with van der Waals surface area (Å²) in [6.07, 6.45) is 0. The molecule has 0 saturated heterocycles. The average molecular weight is 372 g/mol. The van der Waals surface area contributed by atoms with E-state index in [4.69, 9.17) is 0 Å². The van der Waals surface area contributed by atoms with Crippen molar-refractivity contribution in [1.82, 2.24) is 4.57 Å². The summed E-state index contributed by atoms with van der Waals surface area (Å²) in [6, 6.07) is 21.0. The third kappa shape index (κ3) is 2.97. The zero-order chi connectivity index (χ0) is 20.3. The second-order valence-electron chi connectivity index (χ2n) is 9.79. The highest BCUT2D eigenvalue weighted by molar-refractivity contribution is 6.12. The van der Waals surface area contributed by atoms with Crippen LogP contribution < -0.4 is 0 Å². The molecule has 1 N–H and O–H groups in total. The van der Waals surface area contributed by atoms with Crippen LogP contribution in [0.25, 0.3) is 27.5 Å². The number of nitrogens with zero attached hydrogens (tertiary/aromatic N) is 1. The number of rotatable bonds is 1. The lowest BCUT2D eigenvalue weighted by molar-refractivity contribution is 0.482. The molecule has 2 nitrogen and oxygen atoms in total. The highest BCUT2D eigenvalue weighted by Gasteiger charge is 2.22. The van der Waals surface area contributed by atoms with Crippen LogP contribution in [0.3, 0.4) is 0 Å². The summed E-state index contributed by atoms with van der Waals surface area (Å²) in [4.78, 5) is 0. The van der Waals surface area contributed by atoms with Gasteiger partial charge in [0.1, 0.15) is 5.75 Å². The number of fused-ring (bicyclic) bond motifs is 3. The minimum Gasteiger partial charge on any atom is -0.507 e. The Morgan fingerprint density at radius 3 is 1.86 bits per heavy atom. The van der Waals surface area contributed by atoms with Crippen LogP contribution in [-0.4, -0.2) is 9.67 Å². The van der Waals surface area contributed by atoms with E-state index in [1.807, 2.05) is 12.1 Å². The van der Waals surface area contributed by atoms with Gasteiger partial charge in [-0.25, -0.2) is 0 Å². The molecule has 1 aromatic heterocycles. The van der Waals surface area contributed by atoms with E-state index in [0.29, 0.717) is 5.75 Å². The van der Waals surface area contributed by atoms with Crippen molar-refractivity contribution in [2.75, 3.05) is 0 Å². The molecule has 0 fully saturated rings. The number of phenols is 1. The monoisotopic (exact) mass is 371 g/mol. The number of aromatic nitrogens is 1. The zero-order valence-corrected chi connectivity index (χ0v) is 17.7. The maximum Gasteiger partial charge on any atom is 0.125 e. The van der Waals surface area contributed by atoms with Gasteiger partial charge < -0.3 is 9.67 Å². The normalized spacial score (nSPS) is 12.8. The number of benzene rings is 3. The highest BCUT2D eigenvalue weighted by Crippen LogP contribution is 2.39. The van der Waals surface area contributed by atoms with Crippen LogP contribution in [0.2, 0.25) is 0 Å². The first kappa shape index (κ1) is 18.6. The van der Waals surface area contributed by atoms with E-state index < -0.39 is 0 Å². The molecule has 0 spiro atoms. The van der Waals surface area contributed by atoms with Gasteiger partial charge in [0.2, 0.25) is 0 Å².